The highest BCUT2D eigenvalue weighted by molar-refractivity contribution is 5.83. The molecule has 1 N–H and O–H groups in total. The van der Waals surface area contributed by atoms with Gasteiger partial charge >= 0.3 is 0 Å². The molecule has 0 unspecified atom stereocenters. The molecule has 0 radical (unpaired) electrons. The molecule has 2 aromatic rings. The average molecular weight is 327 g/mol. The van der Waals surface area contributed by atoms with Crippen LogP contribution < -0.4 is 10.1 Å². The molecular formula is C20H25NO3. The third-order valence-corrected chi connectivity index (χ3v) is 4.14. The fraction of sp³-hybridized carbons (Fsp3) is 0.350. The van der Waals surface area contributed by atoms with Crippen molar-refractivity contribution >= 4 is 5.91 Å². The molecule has 2 rings (SSSR count). The second-order valence-electron chi connectivity index (χ2n) is 5.62. The SMILES string of the molecule is CC[C@H](C(=O)NC[C@@H](OC)c1cccc(OC)c1)c1ccccc1. The van der Waals surface area contributed by atoms with E-state index in [1.807, 2.05) is 61.5 Å². The standard InChI is InChI=1S/C20H25NO3/c1-4-18(15-9-6-5-7-10-15)20(22)21-14-19(24-3)16-11-8-12-17(13-16)23-2/h5-13,18-19H,4,14H2,1-3H3,(H,21,22)/t18-,19+/m0/s1. The second-order valence-corrected chi connectivity index (χ2v) is 5.62. The lowest BCUT2D eigenvalue weighted by atomic mass is 9.95. The minimum atomic E-state index is -0.211. The number of methoxy groups -OCH3 is 2. The fourth-order valence-corrected chi connectivity index (χ4v) is 2.75. The van der Waals surface area contributed by atoms with Crippen molar-refractivity contribution in [2.24, 2.45) is 0 Å². The van der Waals surface area contributed by atoms with E-state index < -0.39 is 0 Å². The molecule has 24 heavy (non-hydrogen) atoms. The zero-order valence-corrected chi connectivity index (χ0v) is 14.5. The van der Waals surface area contributed by atoms with Crippen LogP contribution in [-0.2, 0) is 9.53 Å². The first-order valence-corrected chi connectivity index (χ1v) is 8.19. The summed E-state index contributed by atoms with van der Waals surface area (Å²) in [6.45, 7) is 2.44. The van der Waals surface area contributed by atoms with Crippen molar-refractivity contribution in [2.75, 3.05) is 20.8 Å². The van der Waals surface area contributed by atoms with Gasteiger partial charge in [0.1, 0.15) is 5.75 Å². The van der Waals surface area contributed by atoms with Crippen LogP contribution in [0.5, 0.6) is 5.75 Å². The quantitative estimate of drug-likeness (QED) is 0.804. The predicted octanol–water partition coefficient (Wildman–Crippen LogP) is 3.69. The Morgan fingerprint density at radius 3 is 2.38 bits per heavy atom. The average Bonchev–Trinajstić information content (AvgIpc) is 2.64. The van der Waals surface area contributed by atoms with E-state index in [9.17, 15) is 4.79 Å². The zero-order valence-electron chi connectivity index (χ0n) is 14.5. The van der Waals surface area contributed by atoms with Crippen LogP contribution in [0.3, 0.4) is 0 Å². The molecule has 0 aliphatic carbocycles. The van der Waals surface area contributed by atoms with Crippen LogP contribution in [-0.4, -0.2) is 26.7 Å². The molecular weight excluding hydrogens is 302 g/mol. The highest BCUT2D eigenvalue weighted by atomic mass is 16.5. The maximum Gasteiger partial charge on any atom is 0.227 e. The predicted molar refractivity (Wildman–Crippen MR) is 95.2 cm³/mol. The Kier molecular flexibility index (Phi) is 6.82. The third-order valence-electron chi connectivity index (χ3n) is 4.14. The Labute approximate surface area is 143 Å². The number of nitrogens with one attached hydrogen (secondary N) is 1. The second kappa shape index (κ2) is 9.08. The lowest BCUT2D eigenvalue weighted by Gasteiger charge is -2.20. The first-order chi connectivity index (χ1) is 11.7. The summed E-state index contributed by atoms with van der Waals surface area (Å²) in [5.74, 6) is 0.652. The van der Waals surface area contributed by atoms with Crippen LogP contribution in [0.1, 0.15) is 36.5 Å². The molecule has 0 heterocycles. The molecule has 1 amide bonds. The Morgan fingerprint density at radius 2 is 1.75 bits per heavy atom. The van der Waals surface area contributed by atoms with Gasteiger partial charge in [-0.15, -0.1) is 0 Å². The van der Waals surface area contributed by atoms with E-state index >= 15 is 0 Å². The van der Waals surface area contributed by atoms with Gasteiger partial charge in [0.25, 0.3) is 0 Å². The third kappa shape index (κ3) is 4.59. The van der Waals surface area contributed by atoms with Crippen LogP contribution in [0.4, 0.5) is 0 Å². The molecule has 0 aliphatic rings. The van der Waals surface area contributed by atoms with Crippen LogP contribution >= 0.6 is 0 Å². The number of amides is 1. The van der Waals surface area contributed by atoms with E-state index in [2.05, 4.69) is 5.32 Å². The molecule has 4 nitrogen and oxygen atoms in total. The molecule has 0 spiro atoms. The Balaban J connectivity index is 2.02. The van der Waals surface area contributed by atoms with Crippen molar-refractivity contribution < 1.29 is 14.3 Å². The van der Waals surface area contributed by atoms with Gasteiger partial charge in [0.15, 0.2) is 0 Å². The largest absolute Gasteiger partial charge is 0.497 e. The molecule has 2 aromatic carbocycles. The number of ether oxygens (including phenoxy) is 2. The van der Waals surface area contributed by atoms with Gasteiger partial charge in [-0.05, 0) is 29.7 Å². The fourth-order valence-electron chi connectivity index (χ4n) is 2.75. The lowest BCUT2D eigenvalue weighted by molar-refractivity contribution is -0.123. The van der Waals surface area contributed by atoms with E-state index in [1.165, 1.54) is 0 Å². The summed E-state index contributed by atoms with van der Waals surface area (Å²) in [5, 5.41) is 3.01. The summed E-state index contributed by atoms with van der Waals surface area (Å²) in [7, 11) is 3.28. The summed E-state index contributed by atoms with van der Waals surface area (Å²) in [6, 6.07) is 17.5. The Bertz CT molecular complexity index is 642. The van der Waals surface area contributed by atoms with Crippen molar-refractivity contribution in [3.8, 4) is 5.75 Å². The van der Waals surface area contributed by atoms with Crippen molar-refractivity contribution in [1.29, 1.82) is 0 Å². The zero-order chi connectivity index (χ0) is 17.4. The van der Waals surface area contributed by atoms with Gasteiger partial charge < -0.3 is 14.8 Å². The van der Waals surface area contributed by atoms with Gasteiger partial charge in [-0.3, -0.25) is 4.79 Å². The van der Waals surface area contributed by atoms with E-state index in [1.54, 1.807) is 14.2 Å². The molecule has 0 bridgehead atoms. The number of hydrogen-bond donors (Lipinski definition) is 1. The van der Waals surface area contributed by atoms with E-state index in [0.717, 1.165) is 23.3 Å². The minimum absolute atomic E-state index is 0.0219. The van der Waals surface area contributed by atoms with Crippen LogP contribution in [0.2, 0.25) is 0 Å². The summed E-state index contributed by atoms with van der Waals surface area (Å²) in [5.41, 5.74) is 2.01. The van der Waals surface area contributed by atoms with E-state index in [-0.39, 0.29) is 17.9 Å². The molecule has 128 valence electrons. The first-order valence-electron chi connectivity index (χ1n) is 8.19. The summed E-state index contributed by atoms with van der Waals surface area (Å²) >= 11 is 0. The monoisotopic (exact) mass is 327 g/mol. The maximum absolute atomic E-state index is 12.6. The topological polar surface area (TPSA) is 47.6 Å². The van der Waals surface area contributed by atoms with Crippen LogP contribution in [0.25, 0.3) is 0 Å². The molecule has 4 heteroatoms. The molecule has 0 saturated carbocycles. The van der Waals surface area contributed by atoms with Crippen molar-refractivity contribution in [3.05, 3.63) is 65.7 Å². The van der Waals surface area contributed by atoms with Gasteiger partial charge in [-0.1, -0.05) is 49.4 Å². The highest BCUT2D eigenvalue weighted by Gasteiger charge is 2.20. The number of benzene rings is 2. The van der Waals surface area contributed by atoms with Gasteiger partial charge in [0.05, 0.1) is 19.1 Å². The number of carbonyl (C=O) groups is 1. The van der Waals surface area contributed by atoms with Crippen molar-refractivity contribution in [2.45, 2.75) is 25.4 Å². The normalized spacial score (nSPS) is 13.1. The van der Waals surface area contributed by atoms with Crippen molar-refractivity contribution in [3.63, 3.8) is 0 Å². The molecule has 2 atom stereocenters. The smallest absolute Gasteiger partial charge is 0.227 e. The molecule has 0 saturated heterocycles. The Morgan fingerprint density at radius 1 is 1.04 bits per heavy atom. The lowest BCUT2D eigenvalue weighted by Crippen LogP contribution is -2.33. The number of rotatable bonds is 8. The Hall–Kier alpha value is -2.33. The van der Waals surface area contributed by atoms with Crippen molar-refractivity contribution in [1.82, 2.24) is 5.32 Å². The summed E-state index contributed by atoms with van der Waals surface area (Å²) in [4.78, 5) is 12.6. The van der Waals surface area contributed by atoms with Gasteiger partial charge in [0, 0.05) is 13.7 Å². The summed E-state index contributed by atoms with van der Waals surface area (Å²) in [6.07, 6.45) is 0.546. The number of hydrogen-bond acceptors (Lipinski definition) is 3. The van der Waals surface area contributed by atoms with E-state index in [4.69, 9.17) is 9.47 Å². The molecule has 0 aliphatic heterocycles. The molecule has 0 aromatic heterocycles. The maximum atomic E-state index is 12.6. The van der Waals surface area contributed by atoms with Crippen LogP contribution in [0.15, 0.2) is 54.6 Å². The molecule has 0 fully saturated rings. The van der Waals surface area contributed by atoms with Gasteiger partial charge in [-0.2, -0.15) is 0 Å². The minimum Gasteiger partial charge on any atom is -0.497 e. The van der Waals surface area contributed by atoms with E-state index in [0.29, 0.717) is 6.54 Å². The van der Waals surface area contributed by atoms with Crippen LogP contribution in [0, 0.1) is 0 Å². The first kappa shape index (κ1) is 18.0. The number of carbonyl (C=O) groups excluding carboxylic acids is 1. The highest BCUT2D eigenvalue weighted by Crippen LogP contribution is 2.22. The van der Waals surface area contributed by atoms with Gasteiger partial charge in [-0.25, -0.2) is 0 Å². The van der Waals surface area contributed by atoms with Gasteiger partial charge in [0.2, 0.25) is 5.91 Å². The summed E-state index contributed by atoms with van der Waals surface area (Å²) < 4.78 is 10.8.